The van der Waals surface area contributed by atoms with Crippen molar-refractivity contribution in [2.75, 3.05) is 7.11 Å². The molecule has 5 heteroatoms. The second kappa shape index (κ2) is 4.85. The van der Waals surface area contributed by atoms with Crippen LogP contribution in [0.25, 0.3) is 11.3 Å². The van der Waals surface area contributed by atoms with Crippen molar-refractivity contribution in [3.63, 3.8) is 0 Å². The van der Waals surface area contributed by atoms with Gasteiger partial charge in [0, 0.05) is 16.0 Å². The van der Waals surface area contributed by atoms with E-state index in [1.54, 1.807) is 13.2 Å². The topological polar surface area (TPSA) is 39.2 Å². The van der Waals surface area contributed by atoms with E-state index in [4.69, 9.17) is 16.3 Å². The van der Waals surface area contributed by atoms with Crippen molar-refractivity contribution < 1.29 is 9.53 Å². The van der Waals surface area contributed by atoms with Crippen LogP contribution in [-0.2, 0) is 0 Å². The van der Waals surface area contributed by atoms with Crippen molar-refractivity contribution in [1.29, 1.82) is 0 Å². The molecule has 17 heavy (non-hydrogen) atoms. The molecule has 1 aromatic heterocycles. The summed E-state index contributed by atoms with van der Waals surface area (Å²) in [6, 6.07) is 3.66. The van der Waals surface area contributed by atoms with Gasteiger partial charge in [-0.05, 0) is 24.6 Å². The smallest absolute Gasteiger partial charge is 0.178 e. The second-order valence-corrected chi connectivity index (χ2v) is 4.79. The fourth-order valence-corrected chi connectivity index (χ4v) is 2.27. The van der Waals surface area contributed by atoms with Gasteiger partial charge in [-0.3, -0.25) is 4.79 Å². The van der Waals surface area contributed by atoms with Crippen molar-refractivity contribution >= 4 is 29.2 Å². The van der Waals surface area contributed by atoms with Gasteiger partial charge in [-0.2, -0.15) is 0 Å². The number of rotatable bonds is 3. The van der Waals surface area contributed by atoms with E-state index in [1.165, 1.54) is 11.3 Å². The highest BCUT2D eigenvalue weighted by Gasteiger charge is 2.12. The molecule has 3 nitrogen and oxygen atoms in total. The Labute approximate surface area is 108 Å². The van der Waals surface area contributed by atoms with Crippen LogP contribution in [0, 0.1) is 6.92 Å². The molecule has 0 radical (unpaired) electrons. The van der Waals surface area contributed by atoms with E-state index in [-0.39, 0.29) is 0 Å². The van der Waals surface area contributed by atoms with E-state index >= 15 is 0 Å². The molecule has 0 amide bonds. The number of aldehydes is 1. The normalized spacial score (nSPS) is 10.3. The Hall–Kier alpha value is -1.39. The lowest BCUT2D eigenvalue weighted by molar-refractivity contribution is 0.112. The number of aromatic nitrogens is 1. The minimum absolute atomic E-state index is 0.443. The molecule has 2 rings (SSSR count). The second-order valence-electron chi connectivity index (χ2n) is 3.49. The highest BCUT2D eigenvalue weighted by Crippen LogP contribution is 2.34. The first kappa shape index (κ1) is 12.1. The third kappa shape index (κ3) is 2.33. The number of carbonyl (C=O) groups excluding carboxylic acids is 1. The number of nitrogens with zero attached hydrogens (tertiary/aromatic N) is 1. The van der Waals surface area contributed by atoms with Crippen LogP contribution in [0.1, 0.15) is 15.4 Å². The molecular formula is C12H10ClNO2S. The maximum Gasteiger partial charge on any atom is 0.178 e. The van der Waals surface area contributed by atoms with E-state index < -0.39 is 0 Å². The Balaban J connectivity index is 2.57. The molecule has 0 spiro atoms. The Morgan fingerprint density at radius 3 is 2.82 bits per heavy atom. The largest absolute Gasteiger partial charge is 0.496 e. The van der Waals surface area contributed by atoms with Crippen molar-refractivity contribution in [3.05, 3.63) is 33.1 Å². The van der Waals surface area contributed by atoms with Crippen LogP contribution in [0.2, 0.25) is 5.02 Å². The highest BCUT2D eigenvalue weighted by molar-refractivity contribution is 7.11. The molecule has 0 fully saturated rings. The SMILES string of the molecule is COc1cc(C)c(Cl)cc1-c1csc(C=O)n1. The lowest BCUT2D eigenvalue weighted by Gasteiger charge is -2.08. The van der Waals surface area contributed by atoms with Crippen molar-refractivity contribution in [1.82, 2.24) is 4.98 Å². The Morgan fingerprint density at radius 1 is 1.47 bits per heavy atom. The van der Waals surface area contributed by atoms with E-state index in [0.29, 0.717) is 21.5 Å². The van der Waals surface area contributed by atoms with Gasteiger partial charge >= 0.3 is 0 Å². The molecular weight excluding hydrogens is 258 g/mol. The van der Waals surface area contributed by atoms with Gasteiger partial charge in [0.15, 0.2) is 11.3 Å². The monoisotopic (exact) mass is 267 g/mol. The van der Waals surface area contributed by atoms with E-state index in [9.17, 15) is 4.79 Å². The average molecular weight is 268 g/mol. The molecule has 0 N–H and O–H groups in total. The lowest BCUT2D eigenvalue weighted by Crippen LogP contribution is -1.90. The van der Waals surface area contributed by atoms with Gasteiger partial charge in [0.1, 0.15) is 5.75 Å². The lowest BCUT2D eigenvalue weighted by atomic mass is 10.1. The van der Waals surface area contributed by atoms with E-state index in [2.05, 4.69) is 4.98 Å². The quantitative estimate of drug-likeness (QED) is 0.798. The minimum Gasteiger partial charge on any atom is -0.496 e. The van der Waals surface area contributed by atoms with Gasteiger partial charge in [0.2, 0.25) is 0 Å². The molecule has 0 aliphatic heterocycles. The number of halogens is 1. The maximum atomic E-state index is 10.6. The summed E-state index contributed by atoms with van der Waals surface area (Å²) in [6.45, 7) is 1.91. The summed E-state index contributed by atoms with van der Waals surface area (Å²) in [4.78, 5) is 14.8. The van der Waals surface area contributed by atoms with Crippen LogP contribution in [0.4, 0.5) is 0 Å². The van der Waals surface area contributed by atoms with Crippen LogP contribution in [0.3, 0.4) is 0 Å². The summed E-state index contributed by atoms with van der Waals surface area (Å²) in [7, 11) is 1.60. The molecule has 0 bridgehead atoms. The predicted molar refractivity (Wildman–Crippen MR) is 69.2 cm³/mol. The van der Waals surface area contributed by atoms with Gasteiger partial charge < -0.3 is 4.74 Å². The summed E-state index contributed by atoms with van der Waals surface area (Å²) in [5.41, 5.74) is 2.45. The zero-order valence-corrected chi connectivity index (χ0v) is 10.9. The van der Waals surface area contributed by atoms with Gasteiger partial charge in [0.25, 0.3) is 0 Å². The Kier molecular flexibility index (Phi) is 3.45. The average Bonchev–Trinajstić information content (AvgIpc) is 2.80. The Morgan fingerprint density at radius 2 is 2.24 bits per heavy atom. The van der Waals surface area contributed by atoms with Gasteiger partial charge in [-0.1, -0.05) is 11.6 Å². The van der Waals surface area contributed by atoms with Gasteiger partial charge in [0.05, 0.1) is 12.8 Å². The summed E-state index contributed by atoms with van der Waals surface area (Å²) in [5.74, 6) is 0.703. The predicted octanol–water partition coefficient (Wildman–Crippen LogP) is 3.59. The molecule has 0 atom stereocenters. The van der Waals surface area contributed by atoms with Crippen LogP contribution in [0.5, 0.6) is 5.75 Å². The number of hydrogen-bond donors (Lipinski definition) is 0. The van der Waals surface area contributed by atoms with Crippen LogP contribution >= 0.6 is 22.9 Å². The summed E-state index contributed by atoms with van der Waals surface area (Å²) < 4.78 is 5.30. The van der Waals surface area contributed by atoms with E-state index in [1.807, 2.05) is 18.4 Å². The minimum atomic E-state index is 0.443. The number of methoxy groups -OCH3 is 1. The summed E-state index contributed by atoms with van der Waals surface area (Å²) in [5, 5.41) is 2.91. The third-order valence-corrected chi connectivity index (χ3v) is 3.56. The summed E-state index contributed by atoms with van der Waals surface area (Å²) >= 11 is 7.38. The zero-order chi connectivity index (χ0) is 12.4. The first-order valence-corrected chi connectivity index (χ1v) is 6.16. The molecule has 2 aromatic rings. The molecule has 0 unspecified atom stereocenters. The van der Waals surface area contributed by atoms with Gasteiger partial charge in [-0.25, -0.2) is 4.98 Å². The number of hydrogen-bond acceptors (Lipinski definition) is 4. The van der Waals surface area contributed by atoms with Crippen molar-refractivity contribution in [2.24, 2.45) is 0 Å². The first-order chi connectivity index (χ1) is 8.15. The van der Waals surface area contributed by atoms with Crippen molar-refractivity contribution in [2.45, 2.75) is 6.92 Å². The number of carbonyl (C=O) groups is 1. The summed E-state index contributed by atoms with van der Waals surface area (Å²) in [6.07, 6.45) is 0.733. The van der Waals surface area contributed by atoms with Crippen LogP contribution in [0.15, 0.2) is 17.5 Å². The van der Waals surface area contributed by atoms with Crippen molar-refractivity contribution in [3.8, 4) is 17.0 Å². The number of benzene rings is 1. The standard InChI is InChI=1S/C12H10ClNO2S/c1-7-3-11(16-2)8(4-9(7)13)10-6-17-12(5-15)14-10/h3-6H,1-2H3. The Bertz CT molecular complexity index is 566. The molecule has 1 heterocycles. The molecule has 0 aliphatic rings. The van der Waals surface area contributed by atoms with Crippen LogP contribution < -0.4 is 4.74 Å². The molecule has 0 saturated carbocycles. The number of aryl methyl sites for hydroxylation is 1. The first-order valence-electron chi connectivity index (χ1n) is 4.91. The highest BCUT2D eigenvalue weighted by atomic mass is 35.5. The third-order valence-electron chi connectivity index (χ3n) is 2.38. The molecule has 1 aromatic carbocycles. The molecule has 0 aliphatic carbocycles. The van der Waals surface area contributed by atoms with Crippen LogP contribution in [-0.4, -0.2) is 18.4 Å². The zero-order valence-electron chi connectivity index (χ0n) is 9.36. The fourth-order valence-electron chi connectivity index (χ4n) is 1.49. The number of thiazole rings is 1. The fraction of sp³-hybridized carbons (Fsp3) is 0.167. The van der Waals surface area contributed by atoms with Gasteiger partial charge in [-0.15, -0.1) is 11.3 Å². The molecule has 0 saturated heterocycles. The number of ether oxygens (including phenoxy) is 1. The molecule has 88 valence electrons. The maximum absolute atomic E-state index is 10.6. The van der Waals surface area contributed by atoms with E-state index in [0.717, 1.165) is 17.4 Å².